The molecule has 4 aromatic heterocycles. The summed E-state index contributed by atoms with van der Waals surface area (Å²) in [5.74, 6) is 1.29. The summed E-state index contributed by atoms with van der Waals surface area (Å²) in [5, 5.41) is 4.68. The molecule has 8 heteroatoms. The monoisotopic (exact) mass is 832 g/mol. The first-order valence-corrected chi connectivity index (χ1v) is 21.8. The molecule has 0 radical (unpaired) electrons. The molecule has 6 heterocycles. The maximum atomic E-state index is 6.18. The number of ether oxygens (including phenoxy) is 2. The Labute approximate surface area is 370 Å². The van der Waals surface area contributed by atoms with E-state index in [1.54, 1.807) is 0 Å². The standard InChI is InChI=1S/C56H44N6O2/c1-55(2)33-59-53(63-55)41-23-39(29-57-31-41)37-17-21-51-47(27-37)45-25-35(15-19-49(45)61(51)43-11-7-5-8-12-43)36-16-20-50-46(26-36)48-28-38(18-22-52(48)62(50)44-13-9-6-10-14-44)40-24-42(32-58-30-40)54-60-34-56(3,4)64-54/h5-32H,33-34H2,1-4H3. The maximum Gasteiger partial charge on any atom is 0.218 e. The summed E-state index contributed by atoms with van der Waals surface area (Å²) in [4.78, 5) is 18.7. The Morgan fingerprint density at radius 1 is 0.375 bits per heavy atom. The van der Waals surface area contributed by atoms with Gasteiger partial charge in [-0.25, -0.2) is 9.98 Å². The van der Waals surface area contributed by atoms with Crippen molar-refractivity contribution in [2.24, 2.45) is 9.98 Å². The van der Waals surface area contributed by atoms with E-state index < -0.39 is 0 Å². The second-order valence-corrected chi connectivity index (χ2v) is 18.2. The summed E-state index contributed by atoms with van der Waals surface area (Å²) < 4.78 is 17.1. The first-order chi connectivity index (χ1) is 31.1. The molecule has 10 aromatic rings. The smallest absolute Gasteiger partial charge is 0.218 e. The molecule has 0 spiro atoms. The van der Waals surface area contributed by atoms with E-state index in [1.165, 1.54) is 21.5 Å². The molecule has 12 rings (SSSR count). The van der Waals surface area contributed by atoms with Crippen LogP contribution in [0.25, 0.3) is 88.4 Å². The molecule has 2 aliphatic heterocycles. The normalized spacial score (nSPS) is 15.4. The second-order valence-electron chi connectivity index (χ2n) is 18.2. The molecule has 0 fully saturated rings. The average Bonchev–Trinajstić information content (AvgIpc) is 4.08. The van der Waals surface area contributed by atoms with E-state index in [9.17, 15) is 0 Å². The summed E-state index contributed by atoms with van der Waals surface area (Å²) in [5.41, 5.74) is 14.4. The zero-order valence-electron chi connectivity index (χ0n) is 36.1. The lowest BCUT2D eigenvalue weighted by atomic mass is 9.98. The van der Waals surface area contributed by atoms with Crippen molar-refractivity contribution < 1.29 is 9.47 Å². The molecule has 64 heavy (non-hydrogen) atoms. The van der Waals surface area contributed by atoms with Gasteiger partial charge in [0.1, 0.15) is 11.2 Å². The van der Waals surface area contributed by atoms with Crippen LogP contribution in [0.15, 0.2) is 180 Å². The highest BCUT2D eigenvalue weighted by molar-refractivity contribution is 6.14. The van der Waals surface area contributed by atoms with E-state index in [-0.39, 0.29) is 11.2 Å². The first-order valence-electron chi connectivity index (χ1n) is 21.8. The van der Waals surface area contributed by atoms with Gasteiger partial charge < -0.3 is 18.6 Å². The fourth-order valence-corrected chi connectivity index (χ4v) is 9.38. The highest BCUT2D eigenvalue weighted by atomic mass is 16.5. The Balaban J connectivity index is 1.01. The van der Waals surface area contributed by atoms with Crippen LogP contribution in [0.3, 0.4) is 0 Å². The molecule has 0 aliphatic carbocycles. The number of rotatable bonds is 7. The molecule has 0 atom stereocenters. The number of para-hydroxylation sites is 2. The van der Waals surface area contributed by atoms with Gasteiger partial charge in [0.15, 0.2) is 0 Å². The number of aliphatic imine (C=N–C) groups is 2. The molecule has 8 nitrogen and oxygen atoms in total. The Morgan fingerprint density at radius 3 is 1.03 bits per heavy atom. The molecular weight excluding hydrogens is 789 g/mol. The van der Waals surface area contributed by atoms with Crippen LogP contribution in [0.4, 0.5) is 0 Å². The van der Waals surface area contributed by atoms with Crippen molar-refractivity contribution >= 4 is 55.4 Å². The van der Waals surface area contributed by atoms with Crippen molar-refractivity contribution in [3.05, 3.63) is 182 Å². The molecule has 0 amide bonds. The minimum Gasteiger partial charge on any atom is -0.469 e. The van der Waals surface area contributed by atoms with Crippen molar-refractivity contribution in [3.8, 4) is 44.8 Å². The van der Waals surface area contributed by atoms with E-state index in [4.69, 9.17) is 9.47 Å². The van der Waals surface area contributed by atoms with Gasteiger partial charge in [-0.2, -0.15) is 0 Å². The van der Waals surface area contributed by atoms with Gasteiger partial charge in [0.25, 0.3) is 0 Å². The molecule has 0 saturated heterocycles. The summed E-state index contributed by atoms with van der Waals surface area (Å²) in [6.45, 7) is 9.49. The Kier molecular flexibility index (Phi) is 8.50. The molecule has 0 unspecified atom stereocenters. The maximum absolute atomic E-state index is 6.18. The molecular formula is C56H44N6O2. The minimum atomic E-state index is -0.322. The van der Waals surface area contributed by atoms with E-state index in [0.717, 1.165) is 77.9 Å². The topological polar surface area (TPSA) is 78.8 Å². The molecule has 310 valence electrons. The van der Waals surface area contributed by atoms with Crippen LogP contribution in [0.5, 0.6) is 0 Å². The van der Waals surface area contributed by atoms with Gasteiger partial charge in [-0.3, -0.25) is 9.97 Å². The van der Waals surface area contributed by atoms with Crippen molar-refractivity contribution in [2.45, 2.75) is 38.9 Å². The summed E-state index contributed by atoms with van der Waals surface area (Å²) >= 11 is 0. The lowest BCUT2D eigenvalue weighted by Crippen LogP contribution is -2.24. The Bertz CT molecular complexity index is 3320. The second kappa shape index (κ2) is 14.4. The minimum absolute atomic E-state index is 0.322. The van der Waals surface area contributed by atoms with Gasteiger partial charge in [-0.05, 0) is 135 Å². The molecule has 0 N–H and O–H groups in total. The SMILES string of the molecule is CC1(C)CN=C(c2cncc(-c3ccc4c(c3)c3cc(-c5ccc6c(c5)c5cc(-c7cncc(C8=NCC(C)(C)O8)c7)ccc5n6-c5ccccc5)ccc3n4-c3ccccc3)c2)O1. The van der Waals surface area contributed by atoms with Crippen LogP contribution in [-0.4, -0.2) is 55.2 Å². The average molecular weight is 833 g/mol. The number of hydrogen-bond donors (Lipinski definition) is 0. The van der Waals surface area contributed by atoms with Gasteiger partial charge in [0, 0.05) is 68.8 Å². The highest BCUT2D eigenvalue weighted by Crippen LogP contribution is 2.41. The third-order valence-corrected chi connectivity index (χ3v) is 12.5. The van der Waals surface area contributed by atoms with E-state index in [0.29, 0.717) is 24.9 Å². The van der Waals surface area contributed by atoms with Crippen molar-refractivity contribution in [2.75, 3.05) is 13.1 Å². The highest BCUT2D eigenvalue weighted by Gasteiger charge is 2.30. The number of aromatic nitrogens is 4. The zero-order valence-corrected chi connectivity index (χ0v) is 36.1. The largest absolute Gasteiger partial charge is 0.469 e. The van der Waals surface area contributed by atoms with Gasteiger partial charge >= 0.3 is 0 Å². The van der Waals surface area contributed by atoms with Crippen LogP contribution >= 0.6 is 0 Å². The van der Waals surface area contributed by atoms with Gasteiger partial charge in [0.05, 0.1) is 46.3 Å². The van der Waals surface area contributed by atoms with Crippen LogP contribution in [-0.2, 0) is 9.47 Å². The van der Waals surface area contributed by atoms with Gasteiger partial charge in [-0.15, -0.1) is 0 Å². The van der Waals surface area contributed by atoms with E-state index in [1.807, 2.05) is 24.8 Å². The van der Waals surface area contributed by atoms with Crippen LogP contribution in [0, 0.1) is 0 Å². The van der Waals surface area contributed by atoms with Crippen molar-refractivity contribution in [1.29, 1.82) is 0 Å². The lowest BCUT2D eigenvalue weighted by molar-refractivity contribution is 0.131. The van der Waals surface area contributed by atoms with E-state index in [2.05, 4.69) is 202 Å². The predicted octanol–water partition coefficient (Wildman–Crippen LogP) is 12.8. The third-order valence-electron chi connectivity index (χ3n) is 12.5. The summed E-state index contributed by atoms with van der Waals surface area (Å²) in [7, 11) is 0. The van der Waals surface area contributed by atoms with Gasteiger partial charge in [0.2, 0.25) is 11.8 Å². The van der Waals surface area contributed by atoms with Crippen LogP contribution in [0.1, 0.15) is 38.8 Å². The molecule has 0 saturated carbocycles. The van der Waals surface area contributed by atoms with Crippen LogP contribution in [0.2, 0.25) is 0 Å². The third kappa shape index (κ3) is 6.44. The van der Waals surface area contributed by atoms with Crippen LogP contribution < -0.4 is 0 Å². The molecule has 0 bridgehead atoms. The zero-order chi connectivity index (χ0) is 43.2. The first kappa shape index (κ1) is 37.9. The summed E-state index contributed by atoms with van der Waals surface area (Å²) in [6, 6.07) is 52.7. The number of hydrogen-bond acceptors (Lipinski definition) is 6. The Hall–Kier alpha value is -7.84. The number of fused-ring (bicyclic) bond motifs is 6. The number of benzene rings is 6. The molecule has 6 aromatic carbocycles. The fourth-order valence-electron chi connectivity index (χ4n) is 9.38. The number of pyridine rings is 2. The predicted molar refractivity (Wildman–Crippen MR) is 260 cm³/mol. The van der Waals surface area contributed by atoms with Gasteiger partial charge in [-0.1, -0.05) is 60.7 Å². The quantitative estimate of drug-likeness (QED) is 0.160. The Morgan fingerprint density at radius 2 is 0.703 bits per heavy atom. The fraction of sp³-hybridized carbons (Fsp3) is 0.143. The van der Waals surface area contributed by atoms with Crippen molar-refractivity contribution in [1.82, 2.24) is 19.1 Å². The lowest BCUT2D eigenvalue weighted by Gasteiger charge is -2.17. The van der Waals surface area contributed by atoms with E-state index >= 15 is 0 Å². The molecule has 2 aliphatic rings. The van der Waals surface area contributed by atoms with Crippen molar-refractivity contribution in [3.63, 3.8) is 0 Å². The number of nitrogens with zero attached hydrogens (tertiary/aromatic N) is 6. The summed E-state index contributed by atoms with van der Waals surface area (Å²) in [6.07, 6.45) is 7.52.